The highest BCUT2D eigenvalue weighted by Gasteiger charge is 2.17. The molecule has 144 valence electrons. The lowest BCUT2D eigenvalue weighted by atomic mass is 10.1. The SMILES string of the molecule is Cc1cccc(C)c1NC(=O)CNC(=O)c1ccc(S(=O)(=O)N(C)C)cc1. The van der Waals surface area contributed by atoms with E-state index in [-0.39, 0.29) is 22.9 Å². The molecule has 0 saturated heterocycles. The van der Waals surface area contributed by atoms with Crippen molar-refractivity contribution in [3.05, 3.63) is 59.2 Å². The largest absolute Gasteiger partial charge is 0.343 e. The van der Waals surface area contributed by atoms with Gasteiger partial charge in [0.1, 0.15) is 0 Å². The van der Waals surface area contributed by atoms with Gasteiger partial charge in [0, 0.05) is 25.3 Å². The molecule has 0 aliphatic carbocycles. The average Bonchev–Trinajstić information content (AvgIpc) is 2.63. The molecule has 0 radical (unpaired) electrons. The number of hydrogen-bond donors (Lipinski definition) is 2. The van der Waals surface area contributed by atoms with Crippen LogP contribution < -0.4 is 10.6 Å². The van der Waals surface area contributed by atoms with Crippen LogP contribution in [0.2, 0.25) is 0 Å². The minimum Gasteiger partial charge on any atom is -0.343 e. The summed E-state index contributed by atoms with van der Waals surface area (Å²) in [5, 5.41) is 5.32. The van der Waals surface area contributed by atoms with E-state index in [1.54, 1.807) is 0 Å². The average molecular weight is 389 g/mol. The van der Waals surface area contributed by atoms with Gasteiger partial charge >= 0.3 is 0 Å². The molecule has 2 amide bonds. The van der Waals surface area contributed by atoms with Crippen molar-refractivity contribution >= 4 is 27.5 Å². The second-order valence-corrected chi connectivity index (χ2v) is 8.46. The molecule has 7 nitrogen and oxygen atoms in total. The van der Waals surface area contributed by atoms with Gasteiger partial charge in [0.2, 0.25) is 15.9 Å². The maximum atomic E-state index is 12.2. The second-order valence-electron chi connectivity index (χ2n) is 6.31. The molecule has 0 spiro atoms. The van der Waals surface area contributed by atoms with E-state index in [1.807, 2.05) is 32.0 Å². The van der Waals surface area contributed by atoms with Gasteiger partial charge in [-0.2, -0.15) is 0 Å². The molecule has 2 aromatic carbocycles. The number of aryl methyl sites for hydroxylation is 2. The lowest BCUT2D eigenvalue weighted by molar-refractivity contribution is -0.115. The molecule has 0 unspecified atom stereocenters. The summed E-state index contributed by atoms with van der Waals surface area (Å²) in [6.07, 6.45) is 0. The monoisotopic (exact) mass is 389 g/mol. The number of rotatable bonds is 6. The molecule has 0 fully saturated rings. The van der Waals surface area contributed by atoms with Crippen LogP contribution in [0.25, 0.3) is 0 Å². The third-order valence-corrected chi connectivity index (χ3v) is 5.88. The van der Waals surface area contributed by atoms with E-state index in [2.05, 4.69) is 10.6 Å². The Balaban J connectivity index is 1.98. The minimum absolute atomic E-state index is 0.0943. The highest BCUT2D eigenvalue weighted by atomic mass is 32.2. The first-order chi connectivity index (χ1) is 12.6. The summed E-state index contributed by atoms with van der Waals surface area (Å²) in [6.45, 7) is 3.60. The summed E-state index contributed by atoms with van der Waals surface area (Å²) < 4.78 is 25.2. The molecule has 0 aliphatic heterocycles. The van der Waals surface area contributed by atoms with E-state index in [0.29, 0.717) is 0 Å². The molecule has 0 atom stereocenters. The first kappa shape index (κ1) is 20.6. The van der Waals surface area contributed by atoms with Gasteiger partial charge in [0.25, 0.3) is 5.91 Å². The van der Waals surface area contributed by atoms with E-state index >= 15 is 0 Å². The number of benzene rings is 2. The Morgan fingerprint density at radius 2 is 1.52 bits per heavy atom. The maximum absolute atomic E-state index is 12.2. The van der Waals surface area contributed by atoms with E-state index < -0.39 is 15.9 Å². The van der Waals surface area contributed by atoms with Crippen molar-refractivity contribution in [2.24, 2.45) is 0 Å². The van der Waals surface area contributed by atoms with Crippen molar-refractivity contribution in [2.45, 2.75) is 18.7 Å². The van der Waals surface area contributed by atoms with E-state index in [4.69, 9.17) is 0 Å². The van der Waals surface area contributed by atoms with Gasteiger partial charge in [-0.15, -0.1) is 0 Å². The van der Waals surface area contributed by atoms with Gasteiger partial charge in [-0.1, -0.05) is 18.2 Å². The van der Waals surface area contributed by atoms with E-state index in [0.717, 1.165) is 21.1 Å². The molecule has 0 aromatic heterocycles. The zero-order valence-electron chi connectivity index (χ0n) is 15.7. The van der Waals surface area contributed by atoms with Gasteiger partial charge in [0.15, 0.2) is 0 Å². The Bertz CT molecular complexity index is 931. The zero-order chi connectivity index (χ0) is 20.2. The number of para-hydroxylation sites is 1. The van der Waals surface area contributed by atoms with Crippen LogP contribution in [0.15, 0.2) is 47.4 Å². The van der Waals surface area contributed by atoms with Crippen LogP contribution in [-0.2, 0) is 14.8 Å². The normalized spacial score (nSPS) is 11.3. The Labute approximate surface area is 159 Å². The molecule has 8 heteroatoms. The molecule has 2 aromatic rings. The predicted molar refractivity (Wildman–Crippen MR) is 104 cm³/mol. The van der Waals surface area contributed by atoms with Crippen LogP contribution in [0, 0.1) is 13.8 Å². The van der Waals surface area contributed by atoms with Crippen molar-refractivity contribution in [3.63, 3.8) is 0 Å². The van der Waals surface area contributed by atoms with Crippen molar-refractivity contribution in [3.8, 4) is 0 Å². The predicted octanol–water partition coefficient (Wildman–Crippen LogP) is 1.92. The van der Waals surface area contributed by atoms with E-state index in [9.17, 15) is 18.0 Å². The van der Waals surface area contributed by atoms with Gasteiger partial charge in [-0.05, 0) is 49.2 Å². The summed E-state index contributed by atoms with van der Waals surface area (Å²) in [6, 6.07) is 11.2. The number of nitrogens with zero attached hydrogens (tertiary/aromatic N) is 1. The smallest absolute Gasteiger partial charge is 0.251 e. The molecule has 0 bridgehead atoms. The molecular formula is C19H23N3O4S. The molecule has 2 N–H and O–H groups in total. The first-order valence-electron chi connectivity index (χ1n) is 8.30. The Hall–Kier alpha value is -2.71. The molecule has 2 rings (SSSR count). The highest BCUT2D eigenvalue weighted by Crippen LogP contribution is 2.19. The minimum atomic E-state index is -3.55. The summed E-state index contributed by atoms with van der Waals surface area (Å²) in [7, 11) is -0.680. The van der Waals surface area contributed by atoms with Crippen molar-refractivity contribution in [1.29, 1.82) is 0 Å². The molecule has 27 heavy (non-hydrogen) atoms. The lowest BCUT2D eigenvalue weighted by Gasteiger charge is -2.13. The number of anilines is 1. The molecule has 0 heterocycles. The van der Waals surface area contributed by atoms with E-state index in [1.165, 1.54) is 38.4 Å². The molecule has 0 saturated carbocycles. The van der Waals surface area contributed by atoms with Crippen LogP contribution in [0.3, 0.4) is 0 Å². The topological polar surface area (TPSA) is 95.6 Å². The summed E-state index contributed by atoms with van der Waals surface area (Å²) in [5.41, 5.74) is 2.88. The quantitative estimate of drug-likeness (QED) is 0.789. The fraction of sp³-hybridized carbons (Fsp3) is 0.263. The van der Waals surface area contributed by atoms with Crippen LogP contribution in [0.5, 0.6) is 0 Å². The number of nitrogens with one attached hydrogen (secondary N) is 2. The fourth-order valence-corrected chi connectivity index (χ4v) is 3.35. The summed E-state index contributed by atoms with van der Waals surface area (Å²) in [4.78, 5) is 24.4. The number of amides is 2. The first-order valence-corrected chi connectivity index (χ1v) is 9.74. The van der Waals surface area contributed by atoms with Crippen LogP contribution >= 0.6 is 0 Å². The van der Waals surface area contributed by atoms with Crippen LogP contribution in [0.4, 0.5) is 5.69 Å². The number of hydrogen-bond acceptors (Lipinski definition) is 4. The number of carbonyl (C=O) groups is 2. The number of carbonyl (C=O) groups excluding carboxylic acids is 2. The van der Waals surface area contributed by atoms with Gasteiger partial charge in [-0.3, -0.25) is 9.59 Å². The van der Waals surface area contributed by atoms with Crippen molar-refractivity contribution in [2.75, 3.05) is 26.0 Å². The number of sulfonamides is 1. The third kappa shape index (κ3) is 4.93. The lowest BCUT2D eigenvalue weighted by Crippen LogP contribution is -2.33. The molecular weight excluding hydrogens is 366 g/mol. The van der Waals surface area contributed by atoms with Crippen molar-refractivity contribution < 1.29 is 18.0 Å². The van der Waals surface area contributed by atoms with Crippen LogP contribution in [0.1, 0.15) is 21.5 Å². The van der Waals surface area contributed by atoms with Gasteiger partial charge in [0.05, 0.1) is 11.4 Å². The molecule has 0 aliphatic rings. The maximum Gasteiger partial charge on any atom is 0.251 e. The standard InChI is InChI=1S/C19H23N3O4S/c1-13-6-5-7-14(2)18(13)21-17(23)12-20-19(24)15-8-10-16(11-9-15)27(25,26)22(3)4/h5-11H,12H2,1-4H3,(H,20,24)(H,21,23). The second kappa shape index (κ2) is 8.32. The highest BCUT2D eigenvalue weighted by molar-refractivity contribution is 7.89. The van der Waals surface area contributed by atoms with Crippen LogP contribution in [-0.4, -0.2) is 45.2 Å². The fourth-order valence-electron chi connectivity index (χ4n) is 2.45. The zero-order valence-corrected chi connectivity index (χ0v) is 16.6. The Kier molecular flexibility index (Phi) is 6.35. The van der Waals surface area contributed by atoms with Gasteiger partial charge in [-0.25, -0.2) is 12.7 Å². The summed E-state index contributed by atoms with van der Waals surface area (Å²) in [5.74, 6) is -0.798. The summed E-state index contributed by atoms with van der Waals surface area (Å²) >= 11 is 0. The Morgan fingerprint density at radius 3 is 2.04 bits per heavy atom. The third-order valence-electron chi connectivity index (χ3n) is 4.05. The van der Waals surface area contributed by atoms with Gasteiger partial charge < -0.3 is 10.6 Å². The Morgan fingerprint density at radius 1 is 0.963 bits per heavy atom. The van der Waals surface area contributed by atoms with Crippen molar-refractivity contribution in [1.82, 2.24) is 9.62 Å².